The van der Waals surface area contributed by atoms with E-state index in [1.165, 1.54) is 0 Å². The Morgan fingerprint density at radius 2 is 0.915 bits per heavy atom. The van der Waals surface area contributed by atoms with Crippen LogP contribution in [0.25, 0.3) is 0 Å². The van der Waals surface area contributed by atoms with Gasteiger partial charge < -0.3 is 20.4 Å². The number of azo groups is 2. The maximum Gasteiger partial charge on any atom is 0.421 e. The summed E-state index contributed by atoms with van der Waals surface area (Å²) in [5, 5.41) is 25.2. The monoisotopic (exact) mass is 791 g/mol. The van der Waals surface area contributed by atoms with Crippen LogP contribution in [0, 0.1) is 0 Å². The molecule has 302 valence electrons. The molecule has 14 heteroatoms. The van der Waals surface area contributed by atoms with E-state index in [-0.39, 0.29) is 0 Å². The molecule has 0 radical (unpaired) electrons. The summed E-state index contributed by atoms with van der Waals surface area (Å²) in [6, 6.07) is 32.7. The molecule has 59 heavy (non-hydrogen) atoms. The van der Waals surface area contributed by atoms with Crippen LogP contribution in [0.3, 0.4) is 0 Å². The fourth-order valence-corrected chi connectivity index (χ4v) is 6.64. The number of aromatic nitrogens is 6. The predicted molar refractivity (Wildman–Crippen MR) is 234 cm³/mol. The lowest BCUT2D eigenvalue weighted by molar-refractivity contribution is -0.697. The summed E-state index contributed by atoms with van der Waals surface area (Å²) >= 11 is 0. The van der Waals surface area contributed by atoms with Crippen molar-refractivity contribution in [3.05, 3.63) is 141 Å². The van der Waals surface area contributed by atoms with Crippen molar-refractivity contribution in [1.82, 2.24) is 13.7 Å². The lowest BCUT2D eigenvalue weighted by Gasteiger charge is -2.13. The lowest BCUT2D eigenvalue weighted by atomic mass is 10.2. The second-order valence-corrected chi connectivity index (χ2v) is 15.0. The highest BCUT2D eigenvalue weighted by Gasteiger charge is 2.17. The summed E-state index contributed by atoms with van der Waals surface area (Å²) in [5.74, 6) is 1.61. The van der Waals surface area contributed by atoms with Gasteiger partial charge in [0.2, 0.25) is 6.33 Å². The number of rotatable bonds is 18. The van der Waals surface area contributed by atoms with Gasteiger partial charge in [-0.15, -0.1) is 0 Å². The van der Waals surface area contributed by atoms with E-state index < -0.39 is 0 Å². The molecule has 3 heterocycles. The van der Waals surface area contributed by atoms with Crippen LogP contribution < -0.4 is 34.1 Å². The second kappa shape index (κ2) is 18.9. The molecule has 7 aromatic rings. The Kier molecular flexibility index (Phi) is 12.9. The minimum absolute atomic E-state index is 0.798. The first-order valence-electron chi connectivity index (χ1n) is 19.9. The van der Waals surface area contributed by atoms with Gasteiger partial charge in [-0.05, 0) is 97.1 Å². The predicted octanol–water partition coefficient (Wildman–Crippen LogP) is 8.66. The Labute approximate surface area is 346 Å². The van der Waals surface area contributed by atoms with Crippen LogP contribution in [0.4, 0.5) is 57.4 Å². The van der Waals surface area contributed by atoms with Crippen LogP contribution in [0.2, 0.25) is 0 Å². The Balaban J connectivity index is 0.853. The fourth-order valence-electron chi connectivity index (χ4n) is 6.64. The highest BCUT2D eigenvalue weighted by Crippen LogP contribution is 2.25. The zero-order valence-corrected chi connectivity index (χ0v) is 34.9. The first-order chi connectivity index (χ1) is 28.7. The van der Waals surface area contributed by atoms with Gasteiger partial charge in [-0.3, -0.25) is 0 Å². The average Bonchev–Trinajstić information content (AvgIpc) is 3.95. The molecule has 2 N–H and O–H groups in total. The highest BCUT2D eigenvalue weighted by molar-refractivity contribution is 5.65. The van der Waals surface area contributed by atoms with Gasteiger partial charge in [-0.25, -0.2) is 27.4 Å². The van der Waals surface area contributed by atoms with Crippen molar-refractivity contribution in [3.8, 4) is 0 Å². The third-order valence-corrected chi connectivity index (χ3v) is 10.1. The van der Waals surface area contributed by atoms with E-state index in [9.17, 15) is 0 Å². The second-order valence-electron chi connectivity index (χ2n) is 15.0. The van der Waals surface area contributed by atoms with Crippen molar-refractivity contribution in [1.29, 1.82) is 0 Å². The number of hydrogen-bond acceptors (Lipinski definition) is 8. The van der Waals surface area contributed by atoms with Gasteiger partial charge >= 0.3 is 11.9 Å². The standard InChI is InChI=1S/C45H53N14/c1-52(2)42-21-17-38(18-22-42)46-36-9-13-40(14-10-36)48-50-44-54(5)29-33-58(44)27-7-25-56-31-32-57(35-56)26-8-28-59-34-30-55(6)45(59)51-49-41-15-11-37(12-16-41)47-39-19-23-43(24-20-39)53(3)4/h9-24,29-35H,7-8,25-28H2,1-6H3/q+1/p+2. The van der Waals surface area contributed by atoms with Crippen LogP contribution in [0.15, 0.2) is 161 Å². The van der Waals surface area contributed by atoms with Gasteiger partial charge in [0.05, 0.1) is 65.1 Å². The maximum atomic E-state index is 4.62. The van der Waals surface area contributed by atoms with Crippen LogP contribution in [0.1, 0.15) is 12.8 Å². The largest absolute Gasteiger partial charge is 0.421 e. The normalized spacial score (nSPS) is 11.5. The molecular formula is C45H55N14+3. The smallest absolute Gasteiger partial charge is 0.378 e. The van der Waals surface area contributed by atoms with E-state index >= 15 is 0 Å². The van der Waals surface area contributed by atoms with E-state index in [0.29, 0.717) is 0 Å². The summed E-state index contributed by atoms with van der Waals surface area (Å²) in [4.78, 5) is 4.17. The summed E-state index contributed by atoms with van der Waals surface area (Å²) < 4.78 is 12.8. The molecule has 0 fully saturated rings. The van der Waals surface area contributed by atoms with Gasteiger partial charge in [0.1, 0.15) is 23.8 Å². The van der Waals surface area contributed by atoms with Gasteiger partial charge in [0.25, 0.3) is 0 Å². The van der Waals surface area contributed by atoms with Gasteiger partial charge in [0.15, 0.2) is 0 Å². The molecule has 7 rings (SSSR count). The van der Waals surface area contributed by atoms with Crippen molar-refractivity contribution in [3.63, 3.8) is 0 Å². The summed E-state index contributed by atoms with van der Waals surface area (Å²) in [7, 11) is 12.2. The van der Waals surface area contributed by atoms with Crippen molar-refractivity contribution >= 4 is 57.4 Å². The lowest BCUT2D eigenvalue weighted by Crippen LogP contribution is -2.32. The molecule has 0 bridgehead atoms. The highest BCUT2D eigenvalue weighted by atomic mass is 15.3. The molecule has 0 aliphatic heterocycles. The third-order valence-electron chi connectivity index (χ3n) is 10.1. The third kappa shape index (κ3) is 10.9. The molecule has 14 nitrogen and oxygen atoms in total. The zero-order chi connectivity index (χ0) is 41.1. The summed E-state index contributed by atoms with van der Waals surface area (Å²) in [6.07, 6.45) is 16.6. The van der Waals surface area contributed by atoms with Crippen molar-refractivity contribution in [2.75, 3.05) is 48.6 Å². The molecule has 0 aliphatic rings. The molecule has 0 spiro atoms. The molecular weight excluding hydrogens is 737 g/mol. The Morgan fingerprint density at radius 1 is 0.492 bits per heavy atom. The summed E-state index contributed by atoms with van der Waals surface area (Å²) in [5.41, 5.74) is 8.00. The van der Waals surface area contributed by atoms with E-state index in [1.807, 2.05) is 112 Å². The Hall–Kier alpha value is -7.09. The number of aryl methyl sites for hydroxylation is 6. The minimum Gasteiger partial charge on any atom is -0.378 e. The zero-order valence-electron chi connectivity index (χ0n) is 34.9. The van der Waals surface area contributed by atoms with E-state index in [2.05, 4.69) is 139 Å². The van der Waals surface area contributed by atoms with Crippen LogP contribution >= 0.6 is 0 Å². The van der Waals surface area contributed by atoms with E-state index in [1.54, 1.807) is 0 Å². The SMILES string of the molecule is CN(C)c1ccc(Nc2ccc(N=Nc3n(CCCn4cc[n+](CCCn5cc[n+](C)c5N=Nc5ccc(Nc6ccc(N(C)C)cc6)cc5)c4)cc[n+]3C)cc2)cc1. The Bertz CT molecular complexity index is 2280. The minimum atomic E-state index is 0.798. The van der Waals surface area contributed by atoms with Gasteiger partial charge in [0, 0.05) is 85.4 Å². The molecule has 0 saturated carbocycles. The number of benzene rings is 4. The summed E-state index contributed by atoms with van der Waals surface area (Å²) in [6.45, 7) is 3.46. The van der Waals surface area contributed by atoms with Crippen LogP contribution in [-0.4, -0.2) is 41.9 Å². The number of anilines is 6. The first kappa shape index (κ1) is 40.1. The maximum absolute atomic E-state index is 4.62. The molecule has 0 aliphatic carbocycles. The molecule has 0 amide bonds. The molecule has 0 atom stereocenters. The van der Waals surface area contributed by atoms with Gasteiger partial charge in [-0.2, -0.15) is 0 Å². The first-order valence-corrected chi connectivity index (χ1v) is 19.9. The molecule has 0 saturated heterocycles. The van der Waals surface area contributed by atoms with Crippen LogP contribution in [0.5, 0.6) is 0 Å². The van der Waals surface area contributed by atoms with Crippen molar-refractivity contribution in [2.24, 2.45) is 34.6 Å². The molecule has 0 unspecified atom stereocenters. The molecule has 4 aromatic carbocycles. The topological polar surface area (TPSA) is 106 Å². The van der Waals surface area contributed by atoms with Crippen molar-refractivity contribution < 1.29 is 13.7 Å². The Morgan fingerprint density at radius 3 is 1.36 bits per heavy atom. The quantitative estimate of drug-likeness (QED) is 0.0671. The number of nitrogens with zero attached hydrogens (tertiary/aromatic N) is 12. The van der Waals surface area contributed by atoms with Crippen molar-refractivity contribution in [2.45, 2.75) is 39.0 Å². The van der Waals surface area contributed by atoms with E-state index in [0.717, 1.165) is 96.4 Å². The molecule has 3 aromatic heterocycles. The fraction of sp³-hybridized carbons (Fsp3) is 0.267. The number of hydrogen-bond donors (Lipinski definition) is 2. The van der Waals surface area contributed by atoms with E-state index in [4.69, 9.17) is 0 Å². The number of imidazole rings is 3. The van der Waals surface area contributed by atoms with Crippen LogP contribution in [-0.2, 0) is 40.3 Å². The van der Waals surface area contributed by atoms with Gasteiger partial charge in [-0.1, -0.05) is 10.2 Å². The number of nitrogens with one attached hydrogen (secondary N) is 2. The average molecular weight is 792 g/mol.